The number of nitro groups is 1. The summed E-state index contributed by atoms with van der Waals surface area (Å²) in [6, 6.07) is 6.45. The van der Waals surface area contributed by atoms with Crippen molar-refractivity contribution >= 4 is 33.2 Å². The van der Waals surface area contributed by atoms with Crippen LogP contribution in [0.15, 0.2) is 40.9 Å². The van der Waals surface area contributed by atoms with Crippen molar-refractivity contribution < 1.29 is 18.5 Å². The first kappa shape index (κ1) is 15.0. The standard InChI is InChI=1S/C13H7BrF2N2O3/c14-12-10(2-1-3-11(12)18(20)21)13(19)17-9-5-7(15)4-8(16)6-9/h1-6H,(H,17,19). The molecule has 0 heterocycles. The number of nitrogens with zero attached hydrogens (tertiary/aromatic N) is 1. The Morgan fingerprint density at radius 3 is 2.38 bits per heavy atom. The van der Waals surface area contributed by atoms with E-state index >= 15 is 0 Å². The maximum Gasteiger partial charge on any atom is 0.284 e. The zero-order valence-electron chi connectivity index (χ0n) is 10.3. The number of anilines is 1. The largest absolute Gasteiger partial charge is 0.322 e. The smallest absolute Gasteiger partial charge is 0.284 e. The minimum absolute atomic E-state index is 0.00984. The monoisotopic (exact) mass is 356 g/mol. The van der Waals surface area contributed by atoms with Gasteiger partial charge in [0.05, 0.1) is 10.5 Å². The average molecular weight is 357 g/mol. The molecule has 0 fully saturated rings. The Labute approximate surface area is 125 Å². The Hall–Kier alpha value is -2.35. The third kappa shape index (κ3) is 3.40. The molecule has 0 aliphatic rings. The number of carbonyl (C=O) groups excluding carboxylic acids is 1. The van der Waals surface area contributed by atoms with Crippen LogP contribution >= 0.6 is 15.9 Å². The summed E-state index contributed by atoms with van der Waals surface area (Å²) in [6.45, 7) is 0. The maximum atomic E-state index is 13.0. The SMILES string of the molecule is O=C(Nc1cc(F)cc(F)c1)c1cccc([N+](=O)[O-])c1Br. The molecule has 1 amide bonds. The molecule has 0 atom stereocenters. The molecule has 0 aliphatic carbocycles. The molecule has 5 nitrogen and oxygen atoms in total. The van der Waals surface area contributed by atoms with Crippen LogP contribution in [-0.4, -0.2) is 10.8 Å². The molecule has 0 unspecified atom stereocenters. The fraction of sp³-hybridized carbons (Fsp3) is 0. The van der Waals surface area contributed by atoms with Gasteiger partial charge in [0.15, 0.2) is 0 Å². The van der Waals surface area contributed by atoms with Gasteiger partial charge in [0.1, 0.15) is 16.1 Å². The third-order valence-electron chi connectivity index (χ3n) is 2.54. The van der Waals surface area contributed by atoms with Gasteiger partial charge in [-0.1, -0.05) is 6.07 Å². The Morgan fingerprint density at radius 2 is 1.81 bits per heavy atom. The lowest BCUT2D eigenvalue weighted by Gasteiger charge is -2.07. The lowest BCUT2D eigenvalue weighted by Crippen LogP contribution is -2.13. The molecule has 8 heteroatoms. The number of amides is 1. The van der Waals surface area contributed by atoms with Crippen molar-refractivity contribution in [1.82, 2.24) is 0 Å². The quantitative estimate of drug-likeness (QED) is 0.669. The van der Waals surface area contributed by atoms with Gasteiger partial charge in [0.2, 0.25) is 0 Å². The highest BCUT2D eigenvalue weighted by molar-refractivity contribution is 9.10. The van der Waals surface area contributed by atoms with Crippen LogP contribution < -0.4 is 5.32 Å². The molecule has 0 aliphatic heterocycles. The molecular formula is C13H7BrF2N2O3. The van der Waals surface area contributed by atoms with Crippen LogP contribution in [0.5, 0.6) is 0 Å². The van der Waals surface area contributed by atoms with E-state index in [9.17, 15) is 23.7 Å². The van der Waals surface area contributed by atoms with E-state index in [0.717, 1.165) is 12.1 Å². The second-order valence-corrected chi connectivity index (χ2v) is 4.80. The molecule has 1 N–H and O–H groups in total. The highest BCUT2D eigenvalue weighted by atomic mass is 79.9. The fourth-order valence-electron chi connectivity index (χ4n) is 1.66. The lowest BCUT2D eigenvalue weighted by molar-refractivity contribution is -0.385. The molecule has 0 aromatic heterocycles. The van der Waals surface area contributed by atoms with E-state index in [2.05, 4.69) is 21.2 Å². The number of nitrogens with one attached hydrogen (secondary N) is 1. The van der Waals surface area contributed by atoms with Gasteiger partial charge in [0.25, 0.3) is 11.6 Å². The van der Waals surface area contributed by atoms with Gasteiger partial charge in [-0.3, -0.25) is 14.9 Å². The Morgan fingerprint density at radius 1 is 1.19 bits per heavy atom. The van der Waals surface area contributed by atoms with Gasteiger partial charge in [-0.15, -0.1) is 0 Å². The number of hydrogen-bond acceptors (Lipinski definition) is 3. The zero-order valence-corrected chi connectivity index (χ0v) is 11.9. The van der Waals surface area contributed by atoms with Crippen LogP contribution in [0.25, 0.3) is 0 Å². The second kappa shape index (κ2) is 5.96. The van der Waals surface area contributed by atoms with Crippen molar-refractivity contribution in [2.75, 3.05) is 5.32 Å². The van der Waals surface area contributed by atoms with Crippen LogP contribution in [0.1, 0.15) is 10.4 Å². The number of hydrogen-bond donors (Lipinski definition) is 1. The summed E-state index contributed by atoms with van der Waals surface area (Å²) in [7, 11) is 0. The highest BCUT2D eigenvalue weighted by Crippen LogP contribution is 2.28. The lowest BCUT2D eigenvalue weighted by atomic mass is 10.2. The summed E-state index contributed by atoms with van der Waals surface area (Å²) >= 11 is 2.97. The summed E-state index contributed by atoms with van der Waals surface area (Å²) < 4.78 is 26.1. The minimum Gasteiger partial charge on any atom is -0.322 e. The van der Waals surface area contributed by atoms with Gasteiger partial charge in [-0.05, 0) is 34.1 Å². The first-order valence-corrected chi connectivity index (χ1v) is 6.38. The normalized spacial score (nSPS) is 10.2. The summed E-state index contributed by atoms with van der Waals surface area (Å²) in [6.07, 6.45) is 0. The topological polar surface area (TPSA) is 72.2 Å². The van der Waals surface area contributed by atoms with E-state index in [1.165, 1.54) is 18.2 Å². The van der Waals surface area contributed by atoms with Crippen molar-refractivity contribution in [2.45, 2.75) is 0 Å². The summed E-state index contributed by atoms with van der Waals surface area (Å²) in [5.41, 5.74) is -0.391. The van der Waals surface area contributed by atoms with Crippen molar-refractivity contribution in [3.05, 3.63) is 68.2 Å². The predicted octanol–water partition coefficient (Wildman–Crippen LogP) is 3.89. The van der Waals surface area contributed by atoms with E-state index < -0.39 is 22.5 Å². The first-order valence-electron chi connectivity index (χ1n) is 5.59. The van der Waals surface area contributed by atoms with Gasteiger partial charge < -0.3 is 5.32 Å². The fourth-order valence-corrected chi connectivity index (χ4v) is 2.25. The Bertz CT molecular complexity index is 717. The summed E-state index contributed by atoms with van der Waals surface area (Å²) in [5, 5.41) is 13.1. The summed E-state index contributed by atoms with van der Waals surface area (Å²) in [5.74, 6) is -2.41. The number of carbonyl (C=O) groups is 1. The molecule has 0 spiro atoms. The van der Waals surface area contributed by atoms with Gasteiger partial charge in [0, 0.05) is 17.8 Å². The summed E-state index contributed by atoms with van der Waals surface area (Å²) in [4.78, 5) is 22.2. The van der Waals surface area contributed by atoms with E-state index in [4.69, 9.17) is 0 Å². The van der Waals surface area contributed by atoms with E-state index in [1.807, 2.05) is 0 Å². The number of benzene rings is 2. The van der Waals surface area contributed by atoms with Crippen molar-refractivity contribution in [2.24, 2.45) is 0 Å². The molecule has 2 aromatic rings. The van der Waals surface area contributed by atoms with Gasteiger partial charge in [-0.25, -0.2) is 8.78 Å². The molecule has 0 saturated heterocycles. The maximum absolute atomic E-state index is 13.0. The molecule has 0 bridgehead atoms. The highest BCUT2D eigenvalue weighted by Gasteiger charge is 2.19. The molecule has 2 rings (SSSR count). The molecule has 0 radical (unpaired) electrons. The average Bonchev–Trinajstić information content (AvgIpc) is 2.37. The van der Waals surface area contributed by atoms with E-state index in [-0.39, 0.29) is 21.4 Å². The Kier molecular flexibility index (Phi) is 4.27. The third-order valence-corrected chi connectivity index (χ3v) is 3.37. The Balaban J connectivity index is 2.33. The zero-order chi connectivity index (χ0) is 15.6. The van der Waals surface area contributed by atoms with E-state index in [1.54, 1.807) is 0 Å². The molecule has 21 heavy (non-hydrogen) atoms. The predicted molar refractivity (Wildman–Crippen MR) is 75.1 cm³/mol. The van der Waals surface area contributed by atoms with Crippen LogP contribution in [0, 0.1) is 21.7 Å². The van der Waals surface area contributed by atoms with Gasteiger partial charge >= 0.3 is 0 Å². The number of nitro benzene ring substituents is 1. The van der Waals surface area contributed by atoms with Crippen molar-refractivity contribution in [3.8, 4) is 0 Å². The molecule has 108 valence electrons. The molecule has 2 aromatic carbocycles. The van der Waals surface area contributed by atoms with Gasteiger partial charge in [-0.2, -0.15) is 0 Å². The van der Waals surface area contributed by atoms with Crippen LogP contribution in [0.3, 0.4) is 0 Å². The van der Waals surface area contributed by atoms with E-state index in [0.29, 0.717) is 6.07 Å². The van der Waals surface area contributed by atoms with Crippen LogP contribution in [-0.2, 0) is 0 Å². The van der Waals surface area contributed by atoms with Crippen molar-refractivity contribution in [1.29, 1.82) is 0 Å². The molecular weight excluding hydrogens is 350 g/mol. The van der Waals surface area contributed by atoms with Crippen LogP contribution in [0.2, 0.25) is 0 Å². The first-order chi connectivity index (χ1) is 9.88. The number of rotatable bonds is 3. The minimum atomic E-state index is -0.844. The molecule has 0 saturated carbocycles. The van der Waals surface area contributed by atoms with Crippen molar-refractivity contribution in [3.63, 3.8) is 0 Å². The van der Waals surface area contributed by atoms with Crippen LogP contribution in [0.4, 0.5) is 20.2 Å². The second-order valence-electron chi connectivity index (χ2n) is 4.01. The number of halogens is 3.